The predicted molar refractivity (Wildman–Crippen MR) is 80.4 cm³/mol. The van der Waals surface area contributed by atoms with Crippen molar-refractivity contribution in [2.24, 2.45) is 0 Å². The van der Waals surface area contributed by atoms with Crippen LogP contribution in [-0.2, 0) is 23.1 Å². The van der Waals surface area contributed by atoms with Crippen LogP contribution in [0.2, 0.25) is 0 Å². The molecule has 0 fully saturated rings. The first-order valence-electron chi connectivity index (χ1n) is 6.40. The summed E-state index contributed by atoms with van der Waals surface area (Å²) >= 11 is 1.27. The molecule has 8 heteroatoms. The second-order valence-corrected chi connectivity index (χ2v) is 7.27. The highest BCUT2D eigenvalue weighted by Crippen LogP contribution is 2.23. The van der Waals surface area contributed by atoms with E-state index in [2.05, 4.69) is 15.1 Å². The van der Waals surface area contributed by atoms with Gasteiger partial charge in [-0.2, -0.15) is 5.10 Å². The SMILES string of the molecule is CCNCc1ccc(S(=O)(=O)Nc2cnn(CC)c2)s1. The summed E-state index contributed by atoms with van der Waals surface area (Å²) in [6, 6.07) is 3.46. The molecular weight excluding hydrogens is 296 g/mol. The largest absolute Gasteiger partial charge is 0.312 e. The summed E-state index contributed by atoms with van der Waals surface area (Å²) in [5.41, 5.74) is 0.480. The van der Waals surface area contributed by atoms with Gasteiger partial charge in [-0.05, 0) is 25.6 Å². The van der Waals surface area contributed by atoms with Gasteiger partial charge in [0.2, 0.25) is 0 Å². The van der Waals surface area contributed by atoms with Crippen molar-refractivity contribution in [1.29, 1.82) is 0 Å². The molecule has 0 aliphatic carbocycles. The second kappa shape index (κ2) is 6.38. The van der Waals surface area contributed by atoms with Gasteiger partial charge in [0, 0.05) is 24.2 Å². The topological polar surface area (TPSA) is 76.0 Å². The van der Waals surface area contributed by atoms with E-state index in [0.717, 1.165) is 11.4 Å². The van der Waals surface area contributed by atoms with Gasteiger partial charge in [0.1, 0.15) is 4.21 Å². The van der Waals surface area contributed by atoms with Crippen LogP contribution in [-0.4, -0.2) is 24.7 Å². The van der Waals surface area contributed by atoms with Gasteiger partial charge in [0.15, 0.2) is 0 Å². The fourth-order valence-electron chi connectivity index (χ4n) is 1.64. The van der Waals surface area contributed by atoms with Crippen LogP contribution in [0, 0.1) is 0 Å². The van der Waals surface area contributed by atoms with Gasteiger partial charge in [-0.3, -0.25) is 9.40 Å². The standard InChI is InChI=1S/C12H18N4O2S2/c1-3-13-8-11-5-6-12(19-11)20(17,18)15-10-7-14-16(4-2)9-10/h5-7,9,13,15H,3-4,8H2,1-2H3. The lowest BCUT2D eigenvalue weighted by Crippen LogP contribution is -2.11. The molecule has 0 unspecified atom stereocenters. The van der Waals surface area contributed by atoms with E-state index >= 15 is 0 Å². The van der Waals surface area contributed by atoms with Crippen molar-refractivity contribution in [1.82, 2.24) is 15.1 Å². The van der Waals surface area contributed by atoms with Gasteiger partial charge in [-0.25, -0.2) is 8.42 Å². The predicted octanol–water partition coefficient (Wildman–Crippen LogP) is 1.87. The van der Waals surface area contributed by atoms with E-state index in [0.29, 0.717) is 23.0 Å². The molecule has 6 nitrogen and oxygen atoms in total. The number of nitrogens with zero attached hydrogens (tertiary/aromatic N) is 2. The molecule has 2 heterocycles. The molecule has 2 aromatic heterocycles. The van der Waals surface area contributed by atoms with Crippen molar-refractivity contribution in [3.63, 3.8) is 0 Å². The lowest BCUT2D eigenvalue weighted by Gasteiger charge is -2.02. The van der Waals surface area contributed by atoms with Crippen molar-refractivity contribution in [3.05, 3.63) is 29.4 Å². The molecule has 2 rings (SSSR count). The van der Waals surface area contributed by atoms with Gasteiger partial charge in [-0.1, -0.05) is 6.92 Å². The zero-order valence-corrected chi connectivity index (χ0v) is 13.1. The maximum absolute atomic E-state index is 12.2. The Morgan fingerprint density at radius 3 is 2.80 bits per heavy atom. The summed E-state index contributed by atoms with van der Waals surface area (Å²) in [5.74, 6) is 0. The Hall–Kier alpha value is -1.38. The van der Waals surface area contributed by atoms with Gasteiger partial charge in [0.05, 0.1) is 11.9 Å². The monoisotopic (exact) mass is 314 g/mol. The number of hydrogen-bond acceptors (Lipinski definition) is 5. The Morgan fingerprint density at radius 1 is 1.35 bits per heavy atom. The molecule has 0 spiro atoms. The first-order chi connectivity index (χ1) is 9.55. The summed E-state index contributed by atoms with van der Waals surface area (Å²) in [7, 11) is -3.53. The van der Waals surface area contributed by atoms with Crippen LogP contribution in [0.25, 0.3) is 0 Å². The quantitative estimate of drug-likeness (QED) is 0.818. The van der Waals surface area contributed by atoms with Crippen molar-refractivity contribution < 1.29 is 8.42 Å². The van der Waals surface area contributed by atoms with Crippen molar-refractivity contribution in [3.8, 4) is 0 Å². The van der Waals surface area contributed by atoms with E-state index in [1.807, 2.05) is 19.9 Å². The summed E-state index contributed by atoms with van der Waals surface area (Å²) < 4.78 is 29.0. The molecule has 0 bridgehead atoms. The average Bonchev–Trinajstić information content (AvgIpc) is 3.04. The number of hydrogen-bond donors (Lipinski definition) is 2. The molecule has 20 heavy (non-hydrogen) atoms. The molecule has 0 aliphatic heterocycles. The Labute approximate surface area is 122 Å². The Morgan fingerprint density at radius 2 is 2.15 bits per heavy atom. The molecule has 0 aliphatic rings. The first-order valence-corrected chi connectivity index (χ1v) is 8.70. The maximum Gasteiger partial charge on any atom is 0.271 e. The zero-order chi connectivity index (χ0) is 14.6. The van der Waals surface area contributed by atoms with Gasteiger partial charge in [0.25, 0.3) is 10.0 Å². The molecule has 0 aromatic carbocycles. The molecule has 0 saturated heterocycles. The first kappa shape index (κ1) is 15.0. The van der Waals surface area contributed by atoms with Gasteiger partial charge < -0.3 is 5.32 Å². The number of aromatic nitrogens is 2. The van der Waals surface area contributed by atoms with Crippen LogP contribution in [0.1, 0.15) is 18.7 Å². The van der Waals surface area contributed by atoms with E-state index in [9.17, 15) is 8.42 Å². The highest BCUT2D eigenvalue weighted by molar-refractivity contribution is 7.94. The van der Waals surface area contributed by atoms with Crippen LogP contribution in [0.3, 0.4) is 0 Å². The fourth-order valence-corrected chi connectivity index (χ4v) is 3.99. The molecule has 2 N–H and O–H groups in total. The minimum absolute atomic E-state index is 0.314. The van der Waals surface area contributed by atoms with Crippen molar-refractivity contribution >= 4 is 27.0 Å². The normalized spacial score (nSPS) is 11.7. The molecular formula is C12H18N4O2S2. The van der Waals surface area contributed by atoms with Crippen LogP contribution in [0.5, 0.6) is 0 Å². The third-order valence-electron chi connectivity index (χ3n) is 2.66. The highest BCUT2D eigenvalue weighted by atomic mass is 32.2. The van der Waals surface area contributed by atoms with E-state index < -0.39 is 10.0 Å². The van der Waals surface area contributed by atoms with E-state index in [-0.39, 0.29) is 0 Å². The smallest absolute Gasteiger partial charge is 0.271 e. The Bertz CT molecular complexity index is 661. The maximum atomic E-state index is 12.2. The second-order valence-electron chi connectivity index (χ2n) is 4.19. The summed E-state index contributed by atoms with van der Waals surface area (Å²) in [6.07, 6.45) is 3.18. The molecule has 0 amide bonds. The third-order valence-corrected chi connectivity index (χ3v) is 5.62. The fraction of sp³-hybridized carbons (Fsp3) is 0.417. The van der Waals surface area contributed by atoms with Crippen molar-refractivity contribution in [2.75, 3.05) is 11.3 Å². The molecule has 2 aromatic rings. The van der Waals surface area contributed by atoms with Gasteiger partial charge >= 0.3 is 0 Å². The number of nitrogens with one attached hydrogen (secondary N) is 2. The molecule has 0 saturated carbocycles. The number of sulfonamides is 1. The number of aryl methyl sites for hydroxylation is 1. The van der Waals surface area contributed by atoms with E-state index in [1.54, 1.807) is 16.9 Å². The minimum Gasteiger partial charge on any atom is -0.312 e. The minimum atomic E-state index is -3.53. The highest BCUT2D eigenvalue weighted by Gasteiger charge is 2.17. The molecule has 110 valence electrons. The zero-order valence-electron chi connectivity index (χ0n) is 11.5. The summed E-state index contributed by atoms with van der Waals surface area (Å²) in [6.45, 7) is 6.20. The third kappa shape index (κ3) is 3.59. The van der Waals surface area contributed by atoms with E-state index in [4.69, 9.17) is 0 Å². The molecule has 0 atom stereocenters. The Balaban J connectivity index is 2.11. The lowest BCUT2D eigenvalue weighted by molar-refractivity contribution is 0.603. The molecule has 0 radical (unpaired) electrons. The summed E-state index contributed by atoms with van der Waals surface area (Å²) in [4.78, 5) is 0.997. The Kier molecular flexibility index (Phi) is 4.79. The number of rotatable bonds is 7. The van der Waals surface area contributed by atoms with Crippen LogP contribution >= 0.6 is 11.3 Å². The number of thiophene rings is 1. The van der Waals surface area contributed by atoms with Crippen LogP contribution in [0.4, 0.5) is 5.69 Å². The van der Waals surface area contributed by atoms with Gasteiger partial charge in [-0.15, -0.1) is 11.3 Å². The van der Waals surface area contributed by atoms with E-state index in [1.165, 1.54) is 17.5 Å². The van der Waals surface area contributed by atoms with Crippen LogP contribution < -0.4 is 10.0 Å². The summed E-state index contributed by atoms with van der Waals surface area (Å²) in [5, 5.41) is 7.21. The lowest BCUT2D eigenvalue weighted by atomic mass is 10.4. The van der Waals surface area contributed by atoms with Crippen molar-refractivity contribution in [2.45, 2.75) is 31.1 Å². The average molecular weight is 314 g/mol. The number of anilines is 1. The van der Waals surface area contributed by atoms with Crippen LogP contribution in [0.15, 0.2) is 28.7 Å².